The molecule has 0 aliphatic carbocycles. The van der Waals surface area contributed by atoms with Crippen molar-refractivity contribution >= 4 is 34.0 Å². The van der Waals surface area contributed by atoms with Crippen LogP contribution in [0.4, 0.5) is 11.6 Å². The number of halogens is 1. The number of nitrogens with zero attached hydrogens (tertiary/aromatic N) is 4. The second-order valence-corrected chi connectivity index (χ2v) is 7.11. The molecule has 4 rings (SSSR count). The van der Waals surface area contributed by atoms with Gasteiger partial charge in [-0.2, -0.15) is 5.10 Å². The third-order valence-corrected chi connectivity index (χ3v) is 5.41. The number of rotatable bonds is 4. The predicted molar refractivity (Wildman–Crippen MR) is 109 cm³/mol. The zero-order chi connectivity index (χ0) is 18.8. The van der Waals surface area contributed by atoms with Crippen LogP contribution < -0.4 is 10.2 Å². The van der Waals surface area contributed by atoms with Gasteiger partial charge in [-0.1, -0.05) is 23.7 Å². The second kappa shape index (κ2) is 7.66. The molecule has 2 aromatic heterocycles. The first-order chi connectivity index (χ1) is 13.1. The Morgan fingerprint density at radius 2 is 1.96 bits per heavy atom. The summed E-state index contributed by atoms with van der Waals surface area (Å²) in [5.41, 5.74) is 3.09. The molecular formula is C20H22ClN5O. The van der Waals surface area contributed by atoms with E-state index in [1.165, 1.54) is 0 Å². The monoisotopic (exact) mass is 383 g/mol. The van der Waals surface area contributed by atoms with E-state index in [0.29, 0.717) is 6.54 Å². The van der Waals surface area contributed by atoms with Crippen molar-refractivity contribution in [1.29, 1.82) is 0 Å². The Morgan fingerprint density at radius 3 is 2.78 bits per heavy atom. The van der Waals surface area contributed by atoms with E-state index >= 15 is 0 Å². The van der Waals surface area contributed by atoms with Crippen molar-refractivity contribution < 1.29 is 4.74 Å². The third-order valence-electron chi connectivity index (χ3n) is 5.00. The van der Waals surface area contributed by atoms with Gasteiger partial charge in [-0.3, -0.25) is 0 Å². The summed E-state index contributed by atoms with van der Waals surface area (Å²) < 4.78 is 5.44. The minimum absolute atomic E-state index is 0.633. The van der Waals surface area contributed by atoms with Crippen LogP contribution in [0.1, 0.15) is 16.8 Å². The second-order valence-electron chi connectivity index (χ2n) is 6.70. The van der Waals surface area contributed by atoms with Crippen LogP contribution in [0.3, 0.4) is 0 Å². The molecule has 3 heterocycles. The zero-order valence-corrected chi connectivity index (χ0v) is 16.3. The van der Waals surface area contributed by atoms with Gasteiger partial charge in [0.05, 0.1) is 18.9 Å². The topological polar surface area (TPSA) is 63.2 Å². The summed E-state index contributed by atoms with van der Waals surface area (Å²) in [7, 11) is 0. The number of ether oxygens (including phenoxy) is 1. The molecule has 6 nitrogen and oxygen atoms in total. The van der Waals surface area contributed by atoms with Crippen molar-refractivity contribution in [1.82, 2.24) is 15.2 Å². The fourth-order valence-corrected chi connectivity index (χ4v) is 3.47. The molecule has 0 saturated carbocycles. The molecule has 1 aliphatic rings. The minimum Gasteiger partial charge on any atom is -0.378 e. The number of aryl methyl sites for hydroxylation is 1. The van der Waals surface area contributed by atoms with E-state index in [1.54, 1.807) is 0 Å². The molecule has 0 unspecified atom stereocenters. The summed E-state index contributed by atoms with van der Waals surface area (Å²) >= 11 is 6.24. The van der Waals surface area contributed by atoms with Crippen molar-refractivity contribution in [3.05, 3.63) is 52.3 Å². The number of nitrogens with one attached hydrogen (secondary N) is 1. The largest absolute Gasteiger partial charge is 0.378 e. The van der Waals surface area contributed by atoms with Crippen LogP contribution in [0, 0.1) is 13.8 Å². The molecule has 0 radical (unpaired) electrons. The van der Waals surface area contributed by atoms with Crippen LogP contribution in [-0.2, 0) is 11.3 Å². The van der Waals surface area contributed by atoms with Crippen LogP contribution >= 0.6 is 11.6 Å². The fraction of sp³-hybridized carbons (Fsp3) is 0.350. The first kappa shape index (κ1) is 17.9. The quantitative estimate of drug-likeness (QED) is 0.740. The van der Waals surface area contributed by atoms with E-state index in [4.69, 9.17) is 16.3 Å². The summed E-state index contributed by atoms with van der Waals surface area (Å²) in [5, 5.41) is 14.9. The van der Waals surface area contributed by atoms with E-state index in [1.807, 2.05) is 32.2 Å². The highest BCUT2D eigenvalue weighted by Crippen LogP contribution is 2.27. The van der Waals surface area contributed by atoms with E-state index in [-0.39, 0.29) is 0 Å². The van der Waals surface area contributed by atoms with Gasteiger partial charge >= 0.3 is 0 Å². The Bertz CT molecular complexity index is 972. The van der Waals surface area contributed by atoms with Gasteiger partial charge in [-0.25, -0.2) is 4.98 Å². The molecule has 1 aromatic carbocycles. The van der Waals surface area contributed by atoms with Crippen molar-refractivity contribution in [2.24, 2.45) is 0 Å². The lowest BCUT2D eigenvalue weighted by Gasteiger charge is -2.28. The lowest BCUT2D eigenvalue weighted by molar-refractivity contribution is 0.122. The van der Waals surface area contributed by atoms with Crippen molar-refractivity contribution in [3.63, 3.8) is 0 Å². The Kier molecular flexibility index (Phi) is 5.09. The molecule has 7 heteroatoms. The summed E-state index contributed by atoms with van der Waals surface area (Å²) in [6.07, 6.45) is 1.89. The smallest absolute Gasteiger partial charge is 0.157 e. The van der Waals surface area contributed by atoms with Crippen LogP contribution in [-0.4, -0.2) is 41.5 Å². The maximum Gasteiger partial charge on any atom is 0.157 e. The van der Waals surface area contributed by atoms with Crippen LogP contribution in [0.15, 0.2) is 30.5 Å². The molecule has 0 atom stereocenters. The van der Waals surface area contributed by atoms with E-state index in [2.05, 4.69) is 37.5 Å². The molecule has 3 aromatic rings. The standard InChI is InChI=1S/C20H22ClN5O/c1-13-15(4-3-5-18(13)21)11-23-20-16-10-19(26-6-8-27-9-7-26)22-12-17(16)14(2)24-25-20/h3-5,10,12H,6-9,11H2,1-2H3,(H,23,25). The summed E-state index contributed by atoms with van der Waals surface area (Å²) in [5.74, 6) is 1.70. The van der Waals surface area contributed by atoms with Gasteiger partial charge in [0, 0.05) is 41.6 Å². The van der Waals surface area contributed by atoms with E-state index < -0.39 is 0 Å². The average molecular weight is 384 g/mol. The van der Waals surface area contributed by atoms with Gasteiger partial charge in [-0.15, -0.1) is 5.10 Å². The third kappa shape index (κ3) is 3.68. The van der Waals surface area contributed by atoms with Crippen molar-refractivity contribution in [2.45, 2.75) is 20.4 Å². The highest BCUT2D eigenvalue weighted by Gasteiger charge is 2.15. The Balaban J connectivity index is 1.67. The number of anilines is 2. The number of aromatic nitrogens is 3. The molecule has 1 aliphatic heterocycles. The molecule has 1 fully saturated rings. The minimum atomic E-state index is 0.633. The Labute approximate surface area is 163 Å². The van der Waals surface area contributed by atoms with Gasteiger partial charge < -0.3 is 15.0 Å². The number of benzene rings is 1. The number of hydrogen-bond donors (Lipinski definition) is 1. The van der Waals surface area contributed by atoms with E-state index in [9.17, 15) is 0 Å². The summed E-state index contributed by atoms with van der Waals surface area (Å²) in [4.78, 5) is 6.87. The molecule has 1 N–H and O–H groups in total. The number of pyridine rings is 1. The van der Waals surface area contributed by atoms with Gasteiger partial charge in [0.1, 0.15) is 5.82 Å². The SMILES string of the molecule is Cc1c(Cl)cccc1CNc1nnc(C)c2cnc(N3CCOCC3)cc12. The first-order valence-electron chi connectivity index (χ1n) is 9.07. The number of fused-ring (bicyclic) bond motifs is 1. The molecule has 0 amide bonds. The van der Waals surface area contributed by atoms with Gasteiger partial charge in [0.15, 0.2) is 5.82 Å². The van der Waals surface area contributed by atoms with Crippen LogP contribution in [0.25, 0.3) is 10.8 Å². The van der Waals surface area contributed by atoms with Gasteiger partial charge in [-0.05, 0) is 37.1 Å². The summed E-state index contributed by atoms with van der Waals surface area (Å²) in [6, 6.07) is 8.03. The van der Waals surface area contributed by atoms with Crippen LogP contribution in [0.5, 0.6) is 0 Å². The lowest BCUT2D eigenvalue weighted by atomic mass is 10.1. The van der Waals surface area contributed by atoms with Gasteiger partial charge in [0.2, 0.25) is 0 Å². The Hall–Kier alpha value is -2.44. The van der Waals surface area contributed by atoms with Gasteiger partial charge in [0.25, 0.3) is 0 Å². The molecule has 0 spiro atoms. The molecule has 27 heavy (non-hydrogen) atoms. The number of morpholine rings is 1. The molecule has 0 bridgehead atoms. The van der Waals surface area contributed by atoms with Crippen LogP contribution in [0.2, 0.25) is 5.02 Å². The van der Waals surface area contributed by atoms with Crippen molar-refractivity contribution in [3.8, 4) is 0 Å². The first-order valence-corrected chi connectivity index (χ1v) is 9.45. The highest BCUT2D eigenvalue weighted by atomic mass is 35.5. The zero-order valence-electron chi connectivity index (χ0n) is 15.5. The molecular weight excluding hydrogens is 362 g/mol. The normalized spacial score (nSPS) is 14.6. The highest BCUT2D eigenvalue weighted by molar-refractivity contribution is 6.31. The Morgan fingerprint density at radius 1 is 1.15 bits per heavy atom. The predicted octanol–water partition coefficient (Wildman–Crippen LogP) is 3.74. The van der Waals surface area contributed by atoms with Crippen molar-refractivity contribution in [2.75, 3.05) is 36.5 Å². The summed E-state index contributed by atoms with van der Waals surface area (Å²) in [6.45, 7) is 7.77. The average Bonchev–Trinajstić information content (AvgIpc) is 2.71. The number of hydrogen-bond acceptors (Lipinski definition) is 6. The fourth-order valence-electron chi connectivity index (χ4n) is 3.28. The van der Waals surface area contributed by atoms with E-state index in [0.717, 1.165) is 70.6 Å². The maximum absolute atomic E-state index is 6.24. The lowest BCUT2D eigenvalue weighted by Crippen LogP contribution is -2.36. The maximum atomic E-state index is 6.24. The molecule has 1 saturated heterocycles. The molecule has 140 valence electrons.